The highest BCUT2D eigenvalue weighted by molar-refractivity contribution is 5.89. The molecular weight excluding hydrogens is 519 g/mol. The van der Waals surface area contributed by atoms with Crippen molar-refractivity contribution >= 4 is 11.7 Å². The molecule has 4 saturated carbocycles. The molecule has 2 heterocycles. The van der Waals surface area contributed by atoms with Crippen LogP contribution in [0.5, 0.6) is 0 Å². The van der Waals surface area contributed by atoms with Gasteiger partial charge in [0.05, 0.1) is 42.7 Å². The third-order valence-electron chi connectivity index (χ3n) is 9.90. The number of aromatic nitrogens is 2. The molecule has 4 aliphatic carbocycles. The van der Waals surface area contributed by atoms with Gasteiger partial charge in [0.2, 0.25) is 0 Å². The van der Waals surface area contributed by atoms with E-state index in [4.69, 9.17) is 0 Å². The first-order valence-electron chi connectivity index (χ1n) is 14.0. The van der Waals surface area contributed by atoms with Crippen molar-refractivity contribution in [2.75, 3.05) is 12.0 Å². The predicted octanol–water partition coefficient (Wildman–Crippen LogP) is 5.18. The van der Waals surface area contributed by atoms with Crippen molar-refractivity contribution < 1.29 is 23.1 Å². The highest BCUT2D eigenvalue weighted by atomic mass is 19.1. The van der Waals surface area contributed by atoms with Crippen molar-refractivity contribution in [3.63, 3.8) is 0 Å². The van der Waals surface area contributed by atoms with E-state index in [1.807, 2.05) is 10.6 Å². The number of hydrogen-bond acceptors (Lipinski definition) is 4. The Morgan fingerprint density at radius 1 is 1.10 bits per heavy atom. The Bertz CT molecular complexity index is 1440. The van der Waals surface area contributed by atoms with Crippen LogP contribution in [0.15, 0.2) is 48.9 Å². The van der Waals surface area contributed by atoms with Gasteiger partial charge >= 0.3 is 6.03 Å². The van der Waals surface area contributed by atoms with Crippen molar-refractivity contribution in [3.05, 3.63) is 71.9 Å². The van der Waals surface area contributed by atoms with Gasteiger partial charge in [0.15, 0.2) is 0 Å². The van der Waals surface area contributed by atoms with Crippen molar-refractivity contribution in [1.82, 2.24) is 20.2 Å². The topological polar surface area (TPSA) is 91.2 Å². The quantitative estimate of drug-likeness (QED) is 0.305. The summed E-state index contributed by atoms with van der Waals surface area (Å²) >= 11 is 0. The number of imidazole rings is 1. The minimum atomic E-state index is -0.832. The number of rotatable bonds is 7. The molecule has 3 aromatic rings. The minimum Gasteiger partial charge on any atom is -0.392 e. The molecule has 2 amide bonds. The van der Waals surface area contributed by atoms with Gasteiger partial charge in [-0.25, -0.2) is 22.9 Å². The molecule has 2 aromatic carbocycles. The average Bonchev–Trinajstić information content (AvgIpc) is 3.50. The lowest BCUT2D eigenvalue weighted by molar-refractivity contribution is -0.137. The van der Waals surface area contributed by atoms with Gasteiger partial charge in [-0.3, -0.25) is 5.32 Å². The summed E-state index contributed by atoms with van der Waals surface area (Å²) in [5.41, 5.74) is 2.10. The van der Waals surface area contributed by atoms with Crippen molar-refractivity contribution in [2.45, 2.75) is 56.7 Å². The number of anilines is 1. The zero-order valence-corrected chi connectivity index (χ0v) is 21.9. The second kappa shape index (κ2) is 9.62. The van der Waals surface area contributed by atoms with Gasteiger partial charge in [0.1, 0.15) is 17.5 Å². The molecule has 0 spiro atoms. The summed E-state index contributed by atoms with van der Waals surface area (Å²) in [5, 5.41) is 20.4. The Balaban J connectivity index is 1.00. The minimum absolute atomic E-state index is 0.0861. The van der Waals surface area contributed by atoms with Crippen molar-refractivity contribution in [3.8, 4) is 11.3 Å². The highest BCUT2D eigenvalue weighted by Gasteiger charge is 2.58. The molecule has 4 unspecified atom stereocenters. The first kappa shape index (κ1) is 25.6. The number of hydrogen-bond donors (Lipinski definition) is 4. The second-order valence-electron chi connectivity index (χ2n) is 12.1. The zero-order chi connectivity index (χ0) is 27.6. The number of halogens is 3. The average molecular weight is 552 g/mol. The summed E-state index contributed by atoms with van der Waals surface area (Å²) in [6.07, 6.45) is 8.31. The number of benzene rings is 2. The molecule has 210 valence electrons. The summed E-state index contributed by atoms with van der Waals surface area (Å²) < 4.78 is 44.0. The fraction of sp³-hybridized carbons (Fsp3) is 0.467. The summed E-state index contributed by atoms with van der Waals surface area (Å²) in [6, 6.07) is 7.49. The van der Waals surface area contributed by atoms with E-state index < -0.39 is 23.8 Å². The molecule has 4 bridgehead atoms. The zero-order valence-electron chi connectivity index (χ0n) is 21.9. The van der Waals surface area contributed by atoms with Gasteiger partial charge in [-0.2, -0.15) is 0 Å². The van der Waals surface area contributed by atoms with Gasteiger partial charge in [-0.1, -0.05) is 12.1 Å². The van der Waals surface area contributed by atoms with Crippen molar-refractivity contribution in [2.24, 2.45) is 23.2 Å². The molecule has 4 fully saturated rings. The summed E-state index contributed by atoms with van der Waals surface area (Å²) in [6.45, 7) is 0.216. The van der Waals surface area contributed by atoms with E-state index in [0.29, 0.717) is 29.7 Å². The maximum absolute atomic E-state index is 15.0. The fourth-order valence-corrected chi connectivity index (χ4v) is 8.53. The van der Waals surface area contributed by atoms with Crippen LogP contribution in [-0.4, -0.2) is 39.5 Å². The first-order valence-corrected chi connectivity index (χ1v) is 14.0. The number of nitrogens with zero attached hydrogens (tertiary/aromatic N) is 2. The smallest absolute Gasteiger partial charge is 0.320 e. The molecule has 40 heavy (non-hydrogen) atoms. The van der Waals surface area contributed by atoms with Crippen LogP contribution in [0.4, 0.5) is 23.7 Å². The van der Waals surface area contributed by atoms with E-state index >= 15 is 0 Å². The van der Waals surface area contributed by atoms with Crippen LogP contribution in [-0.2, 0) is 0 Å². The number of urea groups is 1. The second-order valence-corrected chi connectivity index (χ2v) is 12.1. The molecule has 10 heteroatoms. The number of aliphatic hydroxyl groups excluding tert-OH is 1. The summed E-state index contributed by atoms with van der Waals surface area (Å²) in [4.78, 5) is 16.6. The van der Waals surface area contributed by atoms with Gasteiger partial charge < -0.3 is 20.3 Å². The van der Waals surface area contributed by atoms with E-state index in [1.54, 1.807) is 18.6 Å². The van der Waals surface area contributed by atoms with E-state index in [9.17, 15) is 23.1 Å². The number of aliphatic hydroxyl groups is 1. The van der Waals surface area contributed by atoms with E-state index in [-0.39, 0.29) is 35.7 Å². The summed E-state index contributed by atoms with van der Waals surface area (Å²) in [5.74, 6) is -0.484. The number of nitrogens with one attached hydrogen (secondary N) is 3. The Kier molecular flexibility index (Phi) is 6.16. The molecule has 1 aromatic heterocycles. The number of amides is 2. The van der Waals surface area contributed by atoms with E-state index in [2.05, 4.69) is 20.9 Å². The van der Waals surface area contributed by atoms with Gasteiger partial charge in [-0.15, -0.1) is 0 Å². The molecule has 5 aliphatic rings. The third-order valence-corrected chi connectivity index (χ3v) is 9.90. The van der Waals surface area contributed by atoms with Gasteiger partial charge in [0, 0.05) is 23.2 Å². The van der Waals surface area contributed by atoms with Crippen LogP contribution < -0.4 is 16.0 Å². The molecule has 4 atom stereocenters. The highest BCUT2D eigenvalue weighted by Crippen LogP contribution is 2.62. The SMILES string of the molecule is O=C(NCNC1C2CC3CC1CC(C(O)CC1c4c(F)cccc4-c4cncn41)(C3)C2)Nc1ccc(F)cc1F. The largest absolute Gasteiger partial charge is 0.392 e. The molecule has 0 radical (unpaired) electrons. The van der Waals surface area contributed by atoms with Crippen LogP contribution in [0.2, 0.25) is 0 Å². The van der Waals surface area contributed by atoms with E-state index in [1.165, 1.54) is 12.1 Å². The monoisotopic (exact) mass is 551 g/mol. The van der Waals surface area contributed by atoms with Crippen LogP contribution >= 0.6 is 0 Å². The Labute approximate surface area is 230 Å². The normalized spacial score (nSPS) is 30.1. The van der Waals surface area contributed by atoms with E-state index in [0.717, 1.165) is 55.5 Å². The number of fused-ring (bicyclic) bond motifs is 3. The molecular formula is C30H32F3N5O2. The first-order chi connectivity index (χ1) is 19.3. The van der Waals surface area contributed by atoms with Crippen molar-refractivity contribution in [1.29, 1.82) is 0 Å². The molecule has 8 rings (SSSR count). The molecule has 0 saturated heterocycles. The van der Waals surface area contributed by atoms with Crippen LogP contribution in [0, 0.1) is 40.6 Å². The summed E-state index contributed by atoms with van der Waals surface area (Å²) in [7, 11) is 0. The van der Waals surface area contributed by atoms with Crippen LogP contribution in [0.1, 0.15) is 50.1 Å². The Hall–Kier alpha value is -3.37. The molecule has 4 N–H and O–H groups in total. The predicted molar refractivity (Wildman–Crippen MR) is 143 cm³/mol. The lowest BCUT2D eigenvalue weighted by Crippen LogP contribution is -2.62. The number of carbonyl (C=O) groups excluding carboxylic acids is 1. The standard InChI is InChI=1S/C30H32F3N5O2/c31-19-4-5-23(22(33)8-19)37-29(40)36-14-35-28-17-6-16-7-18(28)12-30(10-16,11-17)26(39)9-24-27-20(2-1-3-21(27)32)25-13-34-15-38(24)25/h1-5,8,13,15-18,24,26,28,35,39H,6-7,9-12,14H2,(H2,36,37,40). The Morgan fingerprint density at radius 3 is 2.67 bits per heavy atom. The van der Waals surface area contributed by atoms with Gasteiger partial charge in [0.25, 0.3) is 0 Å². The van der Waals surface area contributed by atoms with Gasteiger partial charge in [-0.05, 0) is 79.9 Å². The van der Waals surface area contributed by atoms with Crippen LogP contribution in [0.25, 0.3) is 11.3 Å². The molecule has 7 nitrogen and oxygen atoms in total. The Morgan fingerprint density at radius 2 is 1.90 bits per heavy atom. The lowest BCUT2D eigenvalue weighted by Gasteiger charge is -2.61. The maximum Gasteiger partial charge on any atom is 0.320 e. The molecule has 1 aliphatic heterocycles. The lowest BCUT2D eigenvalue weighted by atomic mass is 9.46. The maximum atomic E-state index is 15.0. The van der Waals surface area contributed by atoms with Crippen LogP contribution in [0.3, 0.4) is 0 Å². The number of carbonyl (C=O) groups is 1. The third kappa shape index (κ3) is 4.19. The fourth-order valence-electron chi connectivity index (χ4n) is 8.53.